The molecule has 0 saturated carbocycles. The summed E-state index contributed by atoms with van der Waals surface area (Å²) in [6, 6.07) is 126. The quantitative estimate of drug-likeness (QED) is 0.120. The second-order valence-electron chi connectivity index (χ2n) is 23.9. The van der Waals surface area contributed by atoms with E-state index in [1.54, 1.807) is 0 Å². The maximum absolute atomic E-state index is 7.89. The number of benzene rings is 14. The van der Waals surface area contributed by atoms with Gasteiger partial charge in [0.15, 0.2) is 0 Å². The summed E-state index contributed by atoms with van der Waals surface area (Å²) >= 11 is 0. The fourth-order valence-electron chi connectivity index (χ4n) is 15.0. The lowest BCUT2D eigenvalue weighted by atomic mass is 9.30. The highest BCUT2D eigenvalue weighted by Crippen LogP contribution is 2.54. The minimum atomic E-state index is -0.221. The summed E-state index contributed by atoms with van der Waals surface area (Å²) in [4.78, 5) is 12.3. The Hall–Kier alpha value is -12.0. The third-order valence-electron chi connectivity index (χ3n) is 18.8. The molecule has 4 aliphatic heterocycles. The SMILES string of the molecule is c1ccc(-c2cccc(-c3ccccc3)c2N2c3cc4c(cc3B3c5ccccc5N(c5ccccc5)c5cc(N(c6ccccc6)c6ccccc6)cc2c53)B2c3ccccc3N(c3ccccc3)c3cc(N(c5ccccc5)c5ccccc5)cc(c32)O4)cc1. The zero-order valence-corrected chi connectivity index (χ0v) is 50.2. The van der Waals surface area contributed by atoms with Gasteiger partial charge in [0.1, 0.15) is 11.5 Å². The molecule has 0 N–H and O–H groups in total. The highest BCUT2D eigenvalue weighted by Gasteiger charge is 2.49. The van der Waals surface area contributed by atoms with E-state index in [0.29, 0.717) is 0 Å². The van der Waals surface area contributed by atoms with Gasteiger partial charge in [0.2, 0.25) is 0 Å². The minimum absolute atomic E-state index is 0.209. The zero-order chi connectivity index (χ0) is 60.6. The first-order valence-electron chi connectivity index (χ1n) is 31.6. The molecule has 430 valence electrons. The van der Waals surface area contributed by atoms with Crippen molar-refractivity contribution in [2.45, 2.75) is 0 Å². The molecule has 4 aliphatic rings. The molecule has 8 heteroatoms. The molecule has 6 nitrogen and oxygen atoms in total. The maximum Gasteiger partial charge on any atom is 0.256 e. The predicted octanol–water partition coefficient (Wildman–Crippen LogP) is 18.4. The highest BCUT2D eigenvalue weighted by molar-refractivity contribution is 7.02. The van der Waals surface area contributed by atoms with Crippen molar-refractivity contribution < 1.29 is 4.74 Å². The van der Waals surface area contributed by atoms with Gasteiger partial charge in [-0.15, -0.1) is 0 Å². The van der Waals surface area contributed by atoms with Crippen LogP contribution in [0.3, 0.4) is 0 Å². The normalized spacial score (nSPS) is 12.8. The van der Waals surface area contributed by atoms with Crippen LogP contribution >= 0.6 is 0 Å². The molecule has 0 aliphatic carbocycles. The number of hydrogen-bond donors (Lipinski definition) is 0. The molecule has 0 spiro atoms. The monoisotopic (exact) mass is 1170 g/mol. The first-order chi connectivity index (χ1) is 45.7. The van der Waals surface area contributed by atoms with E-state index in [4.69, 9.17) is 4.74 Å². The molecule has 0 fully saturated rings. The molecule has 0 radical (unpaired) electrons. The summed E-state index contributed by atoms with van der Waals surface area (Å²) in [5, 5.41) is 0. The second-order valence-corrected chi connectivity index (χ2v) is 23.9. The van der Waals surface area contributed by atoms with Crippen LogP contribution in [-0.4, -0.2) is 13.4 Å². The third kappa shape index (κ3) is 8.59. The van der Waals surface area contributed by atoms with Gasteiger partial charge >= 0.3 is 0 Å². The van der Waals surface area contributed by atoms with E-state index in [9.17, 15) is 0 Å². The van der Waals surface area contributed by atoms with Gasteiger partial charge in [-0.2, -0.15) is 0 Å². The predicted molar refractivity (Wildman–Crippen MR) is 387 cm³/mol. The largest absolute Gasteiger partial charge is 0.458 e. The molecular weight excluding hydrogens is 1120 g/mol. The molecule has 18 rings (SSSR count). The van der Waals surface area contributed by atoms with Gasteiger partial charge in [0.05, 0.1) is 17.1 Å². The lowest BCUT2D eigenvalue weighted by Gasteiger charge is -2.46. The van der Waals surface area contributed by atoms with Gasteiger partial charge in [-0.25, -0.2) is 0 Å². The minimum Gasteiger partial charge on any atom is -0.458 e. The van der Waals surface area contributed by atoms with Gasteiger partial charge in [0.25, 0.3) is 13.4 Å². The van der Waals surface area contributed by atoms with E-state index < -0.39 is 0 Å². The Bertz CT molecular complexity index is 4970. The summed E-state index contributed by atoms with van der Waals surface area (Å²) in [5.74, 6) is 1.62. The number of fused-ring (bicyclic) bond motifs is 8. The molecule has 14 aromatic carbocycles. The van der Waals surface area contributed by atoms with Crippen molar-refractivity contribution in [1.29, 1.82) is 0 Å². The molecule has 0 atom stereocenters. The van der Waals surface area contributed by atoms with Crippen LogP contribution in [0.2, 0.25) is 0 Å². The van der Waals surface area contributed by atoms with E-state index in [1.807, 2.05) is 0 Å². The highest BCUT2D eigenvalue weighted by atomic mass is 16.5. The van der Waals surface area contributed by atoms with Gasteiger partial charge in [-0.05, 0) is 147 Å². The fourth-order valence-corrected chi connectivity index (χ4v) is 15.0. The van der Waals surface area contributed by atoms with Crippen molar-refractivity contribution in [3.63, 3.8) is 0 Å². The average Bonchev–Trinajstić information content (AvgIpc) is 0.690. The van der Waals surface area contributed by atoms with Gasteiger partial charge < -0.3 is 29.2 Å². The first kappa shape index (κ1) is 53.1. The Kier molecular flexibility index (Phi) is 12.7. The number of hydrogen-bond acceptors (Lipinski definition) is 6. The molecule has 0 saturated heterocycles. The Morgan fingerprint density at radius 1 is 0.239 bits per heavy atom. The van der Waals surface area contributed by atoms with Crippen LogP contribution in [0.5, 0.6) is 11.5 Å². The Morgan fingerprint density at radius 3 is 1.07 bits per heavy atom. The van der Waals surface area contributed by atoms with Crippen molar-refractivity contribution >= 4 is 132 Å². The molecule has 92 heavy (non-hydrogen) atoms. The number of anilines is 15. The molecule has 14 aromatic rings. The van der Waals surface area contributed by atoms with Gasteiger partial charge in [-0.1, -0.05) is 231 Å². The van der Waals surface area contributed by atoms with E-state index in [0.717, 1.165) is 130 Å². The van der Waals surface area contributed by atoms with Crippen LogP contribution < -0.4 is 62.0 Å². The number of rotatable bonds is 11. The van der Waals surface area contributed by atoms with Crippen LogP contribution in [0.4, 0.5) is 85.3 Å². The van der Waals surface area contributed by atoms with Crippen LogP contribution in [-0.2, 0) is 0 Å². The second kappa shape index (κ2) is 21.9. The lowest BCUT2D eigenvalue weighted by Crippen LogP contribution is -2.64. The molecule has 0 unspecified atom stereocenters. The van der Waals surface area contributed by atoms with E-state index in [1.165, 1.54) is 21.9 Å². The standard InChI is InChI=1S/C84H57B2N5O/c1-9-30-58(31-10-1)68-46-29-47-69(59-32-11-2-12-33-59)84(68)91-76-57-80-73(86-71-49-26-28-51-75(71)90(65-44-23-8-24-45-65)79-54-67(55-81(92-80)83(79)86)88(62-38-17-5-18-39-62)63-40-19-6-20-41-63)56-72(76)85-70-48-25-27-50-74(70)89(64-42-21-7-22-43-64)77-52-66(53-78(91)82(77)85)87(60-34-13-3-14-35-60)61-36-15-4-16-37-61/h1-57H. The van der Waals surface area contributed by atoms with Crippen LogP contribution in [0.15, 0.2) is 346 Å². The molecule has 0 aromatic heterocycles. The fraction of sp³-hybridized carbons (Fsp3) is 0. The maximum atomic E-state index is 7.89. The van der Waals surface area contributed by atoms with Crippen molar-refractivity contribution in [3.8, 4) is 33.8 Å². The van der Waals surface area contributed by atoms with Crippen molar-refractivity contribution in [2.24, 2.45) is 0 Å². The lowest BCUT2D eigenvalue weighted by molar-refractivity contribution is 0.488. The Balaban J connectivity index is 0.971. The van der Waals surface area contributed by atoms with Crippen molar-refractivity contribution in [1.82, 2.24) is 0 Å². The van der Waals surface area contributed by atoms with Crippen LogP contribution in [0, 0.1) is 0 Å². The van der Waals surface area contributed by atoms with Gasteiger partial charge in [0, 0.05) is 91.5 Å². The molecule has 4 heterocycles. The number of para-hydroxylation sites is 9. The summed E-state index contributed by atoms with van der Waals surface area (Å²) < 4.78 is 7.89. The first-order valence-corrected chi connectivity index (χ1v) is 31.6. The number of ether oxygens (including phenoxy) is 1. The molecule has 0 amide bonds. The van der Waals surface area contributed by atoms with Crippen LogP contribution in [0.25, 0.3) is 22.3 Å². The zero-order valence-electron chi connectivity index (χ0n) is 50.2. The van der Waals surface area contributed by atoms with Crippen molar-refractivity contribution in [2.75, 3.05) is 24.5 Å². The molecular formula is C84H57B2N5O. The topological polar surface area (TPSA) is 25.4 Å². The summed E-state index contributed by atoms with van der Waals surface area (Å²) in [5.41, 5.74) is 27.6. The van der Waals surface area contributed by atoms with E-state index >= 15 is 0 Å². The number of nitrogens with zero attached hydrogens (tertiary/aromatic N) is 5. The summed E-state index contributed by atoms with van der Waals surface area (Å²) in [6.45, 7) is -0.430. The summed E-state index contributed by atoms with van der Waals surface area (Å²) in [7, 11) is 0. The Labute approximate surface area is 537 Å². The molecule has 0 bridgehead atoms. The van der Waals surface area contributed by atoms with E-state index in [-0.39, 0.29) is 13.4 Å². The van der Waals surface area contributed by atoms with E-state index in [2.05, 4.69) is 370 Å². The average molecular weight is 1170 g/mol. The third-order valence-corrected chi connectivity index (χ3v) is 18.8. The van der Waals surface area contributed by atoms with Crippen molar-refractivity contribution in [3.05, 3.63) is 346 Å². The van der Waals surface area contributed by atoms with Gasteiger partial charge in [-0.3, -0.25) is 0 Å². The Morgan fingerprint density at radius 2 is 0.609 bits per heavy atom. The smallest absolute Gasteiger partial charge is 0.256 e. The van der Waals surface area contributed by atoms with Crippen LogP contribution in [0.1, 0.15) is 0 Å². The summed E-state index contributed by atoms with van der Waals surface area (Å²) in [6.07, 6.45) is 0.